The third kappa shape index (κ3) is 2.73. The van der Waals surface area contributed by atoms with Crippen molar-refractivity contribution in [2.75, 3.05) is 20.3 Å². The van der Waals surface area contributed by atoms with Gasteiger partial charge >= 0.3 is 6.09 Å². The van der Waals surface area contributed by atoms with Gasteiger partial charge in [0.05, 0.1) is 25.9 Å². The molecule has 1 aromatic rings. The fourth-order valence-corrected chi connectivity index (χ4v) is 3.22. The Morgan fingerprint density at radius 3 is 2.57 bits per heavy atom. The van der Waals surface area contributed by atoms with Gasteiger partial charge in [0.25, 0.3) is 0 Å². The highest BCUT2D eigenvalue weighted by molar-refractivity contribution is 5.68. The van der Waals surface area contributed by atoms with Gasteiger partial charge in [-0.3, -0.25) is 4.98 Å². The summed E-state index contributed by atoms with van der Waals surface area (Å²) in [4.78, 5) is 15.9. The zero-order chi connectivity index (χ0) is 14.8. The molecule has 3 rings (SSSR count). The van der Waals surface area contributed by atoms with Gasteiger partial charge in [-0.15, -0.1) is 0 Å². The minimum Gasteiger partial charge on any atom is -0.453 e. The van der Waals surface area contributed by atoms with Crippen LogP contribution >= 0.6 is 0 Å². The van der Waals surface area contributed by atoms with Crippen molar-refractivity contribution >= 4 is 6.09 Å². The zero-order valence-corrected chi connectivity index (χ0v) is 12.1. The first kappa shape index (κ1) is 14.3. The Hall–Kier alpha value is -1.66. The Labute approximate surface area is 123 Å². The molecule has 2 aliphatic rings. The maximum absolute atomic E-state index is 11.8. The zero-order valence-electron chi connectivity index (χ0n) is 12.1. The summed E-state index contributed by atoms with van der Waals surface area (Å²) in [5.41, 5.74) is 0.519. The molecule has 6 nitrogen and oxygen atoms in total. The molecule has 1 aliphatic heterocycles. The van der Waals surface area contributed by atoms with E-state index in [1.165, 1.54) is 7.11 Å². The fourth-order valence-electron chi connectivity index (χ4n) is 3.22. The van der Waals surface area contributed by atoms with Gasteiger partial charge in [-0.05, 0) is 24.5 Å². The average molecular weight is 292 g/mol. The summed E-state index contributed by atoms with van der Waals surface area (Å²) >= 11 is 0. The Morgan fingerprint density at radius 1 is 1.29 bits per heavy atom. The highest BCUT2D eigenvalue weighted by Crippen LogP contribution is 2.44. The molecule has 114 valence electrons. The molecular formula is C15H20N2O4. The highest BCUT2D eigenvalue weighted by atomic mass is 16.7. The van der Waals surface area contributed by atoms with Gasteiger partial charge in [-0.25, -0.2) is 4.79 Å². The summed E-state index contributed by atoms with van der Waals surface area (Å²) in [6.45, 7) is 1.29. The van der Waals surface area contributed by atoms with Crippen molar-refractivity contribution < 1.29 is 19.0 Å². The maximum atomic E-state index is 11.8. The lowest BCUT2D eigenvalue weighted by molar-refractivity contribution is -0.186. The Balaban J connectivity index is 1.83. The Bertz CT molecular complexity index is 490. The molecule has 2 heterocycles. The van der Waals surface area contributed by atoms with Crippen molar-refractivity contribution in [3.8, 4) is 0 Å². The Morgan fingerprint density at radius 2 is 2.00 bits per heavy atom. The minimum atomic E-state index is -0.470. The third-order valence-corrected chi connectivity index (χ3v) is 4.42. The summed E-state index contributed by atoms with van der Waals surface area (Å²) in [5.74, 6) is -0.469. The number of carbonyl (C=O) groups excluding carboxylic acids is 1. The lowest BCUT2D eigenvalue weighted by atomic mass is 9.75. The predicted molar refractivity (Wildman–Crippen MR) is 74.6 cm³/mol. The van der Waals surface area contributed by atoms with Gasteiger partial charge in [0, 0.05) is 25.2 Å². The van der Waals surface area contributed by atoms with E-state index in [0.717, 1.165) is 31.2 Å². The SMILES string of the molecule is COC(=O)NC1(c2cccnc2)CCC2(CC1)OCCO2. The number of nitrogens with zero attached hydrogens (tertiary/aromatic N) is 1. The molecule has 1 amide bonds. The van der Waals surface area contributed by atoms with Crippen molar-refractivity contribution in [3.05, 3.63) is 30.1 Å². The van der Waals surface area contributed by atoms with Crippen LogP contribution in [0.5, 0.6) is 0 Å². The first-order valence-electron chi connectivity index (χ1n) is 7.23. The van der Waals surface area contributed by atoms with Crippen molar-refractivity contribution in [2.45, 2.75) is 37.0 Å². The standard InChI is InChI=1S/C15H20N2O4/c1-19-13(18)17-14(12-3-2-8-16-11-12)4-6-15(7-5-14)20-9-10-21-15/h2-3,8,11H,4-7,9-10H2,1H3,(H,17,18). The summed E-state index contributed by atoms with van der Waals surface area (Å²) in [6, 6.07) is 3.86. The molecule has 0 bridgehead atoms. The second kappa shape index (κ2) is 5.61. The van der Waals surface area contributed by atoms with E-state index in [1.807, 2.05) is 12.1 Å². The average Bonchev–Trinajstić information content (AvgIpc) is 2.99. The number of hydrogen-bond acceptors (Lipinski definition) is 5. The van der Waals surface area contributed by atoms with E-state index in [2.05, 4.69) is 10.3 Å². The normalized spacial score (nSPS) is 22.9. The second-order valence-electron chi connectivity index (χ2n) is 5.55. The molecule has 1 spiro atoms. The van der Waals surface area contributed by atoms with Gasteiger partial charge in [0.1, 0.15) is 0 Å². The van der Waals surface area contributed by atoms with Crippen LogP contribution in [0.4, 0.5) is 4.79 Å². The number of hydrogen-bond donors (Lipinski definition) is 1. The third-order valence-electron chi connectivity index (χ3n) is 4.42. The number of ether oxygens (including phenoxy) is 3. The molecule has 0 radical (unpaired) electrons. The van der Waals surface area contributed by atoms with E-state index in [1.54, 1.807) is 12.4 Å². The van der Waals surface area contributed by atoms with E-state index < -0.39 is 17.4 Å². The van der Waals surface area contributed by atoms with Crippen LogP contribution in [0.2, 0.25) is 0 Å². The molecule has 2 fully saturated rings. The summed E-state index contributed by atoms with van der Waals surface area (Å²) in [6.07, 6.45) is 6.04. The highest BCUT2D eigenvalue weighted by Gasteiger charge is 2.48. The number of pyridine rings is 1. The van der Waals surface area contributed by atoms with Crippen LogP contribution < -0.4 is 5.32 Å². The molecule has 1 N–H and O–H groups in total. The lowest BCUT2D eigenvalue weighted by Crippen LogP contribution is -2.52. The van der Waals surface area contributed by atoms with Gasteiger partial charge in [0.2, 0.25) is 0 Å². The first-order chi connectivity index (χ1) is 10.2. The topological polar surface area (TPSA) is 69.7 Å². The predicted octanol–water partition coefficient (Wildman–Crippen LogP) is 1.95. The number of alkyl carbamates (subject to hydrolysis) is 1. The monoisotopic (exact) mass is 292 g/mol. The molecule has 0 atom stereocenters. The van der Waals surface area contributed by atoms with Gasteiger partial charge in [0.15, 0.2) is 5.79 Å². The van der Waals surface area contributed by atoms with Crippen LogP contribution in [0.25, 0.3) is 0 Å². The van der Waals surface area contributed by atoms with Crippen LogP contribution in [0.15, 0.2) is 24.5 Å². The van der Waals surface area contributed by atoms with Crippen molar-refractivity contribution in [2.24, 2.45) is 0 Å². The quantitative estimate of drug-likeness (QED) is 0.902. The molecule has 1 saturated carbocycles. The van der Waals surface area contributed by atoms with Crippen LogP contribution in [0.3, 0.4) is 0 Å². The molecule has 21 heavy (non-hydrogen) atoms. The number of amides is 1. The Kier molecular flexibility index (Phi) is 3.82. The molecule has 0 unspecified atom stereocenters. The van der Waals surface area contributed by atoms with Crippen molar-refractivity contribution in [3.63, 3.8) is 0 Å². The van der Waals surface area contributed by atoms with Crippen molar-refractivity contribution in [1.29, 1.82) is 0 Å². The van der Waals surface area contributed by atoms with Crippen molar-refractivity contribution in [1.82, 2.24) is 10.3 Å². The van der Waals surface area contributed by atoms with E-state index in [9.17, 15) is 4.79 Å². The van der Waals surface area contributed by atoms with Crippen LogP contribution in [-0.2, 0) is 19.7 Å². The maximum Gasteiger partial charge on any atom is 0.407 e. The van der Waals surface area contributed by atoms with Gasteiger partial charge in [-0.1, -0.05) is 6.07 Å². The number of carbonyl (C=O) groups is 1. The lowest BCUT2D eigenvalue weighted by Gasteiger charge is -2.43. The molecule has 1 aliphatic carbocycles. The molecule has 0 aromatic carbocycles. The van der Waals surface area contributed by atoms with Gasteiger partial charge < -0.3 is 19.5 Å². The van der Waals surface area contributed by atoms with E-state index in [0.29, 0.717) is 13.2 Å². The molecule has 1 aromatic heterocycles. The largest absolute Gasteiger partial charge is 0.453 e. The number of methoxy groups -OCH3 is 1. The minimum absolute atomic E-state index is 0.428. The van der Waals surface area contributed by atoms with Crippen LogP contribution in [0, 0.1) is 0 Å². The smallest absolute Gasteiger partial charge is 0.407 e. The fraction of sp³-hybridized carbons (Fsp3) is 0.600. The van der Waals surface area contributed by atoms with Gasteiger partial charge in [-0.2, -0.15) is 0 Å². The van der Waals surface area contributed by atoms with E-state index >= 15 is 0 Å². The summed E-state index contributed by atoms with van der Waals surface area (Å²) in [5, 5.41) is 2.99. The number of rotatable bonds is 2. The van der Waals surface area contributed by atoms with Crippen LogP contribution in [-0.4, -0.2) is 37.2 Å². The number of aromatic nitrogens is 1. The second-order valence-corrected chi connectivity index (χ2v) is 5.55. The first-order valence-corrected chi connectivity index (χ1v) is 7.23. The summed E-state index contributed by atoms with van der Waals surface area (Å²) < 4.78 is 16.3. The summed E-state index contributed by atoms with van der Waals surface area (Å²) in [7, 11) is 1.37. The molecule has 1 saturated heterocycles. The molecular weight excluding hydrogens is 272 g/mol. The van der Waals surface area contributed by atoms with Crippen LogP contribution in [0.1, 0.15) is 31.2 Å². The molecule has 6 heteroatoms. The number of nitrogens with one attached hydrogen (secondary N) is 1. The van der Waals surface area contributed by atoms with E-state index in [4.69, 9.17) is 14.2 Å². The van der Waals surface area contributed by atoms with E-state index in [-0.39, 0.29) is 0 Å².